The van der Waals surface area contributed by atoms with Crippen LogP contribution in [0, 0.1) is 6.92 Å². The third-order valence-electron chi connectivity index (χ3n) is 1.97. The Hall–Kier alpha value is -1.69. The van der Waals surface area contributed by atoms with E-state index in [1.54, 1.807) is 6.92 Å². The molecule has 0 fully saturated rings. The predicted molar refractivity (Wildman–Crippen MR) is 55.7 cm³/mol. The minimum Gasteiger partial charge on any atom is -0.480 e. The van der Waals surface area contributed by atoms with E-state index in [4.69, 9.17) is 9.84 Å². The molecular formula is C9H8N2O3S. The zero-order valence-corrected chi connectivity index (χ0v) is 8.96. The Kier molecular flexibility index (Phi) is 2.28. The first kappa shape index (κ1) is 9.85. The lowest BCUT2D eigenvalue weighted by molar-refractivity contribution is 0.0698. The van der Waals surface area contributed by atoms with Gasteiger partial charge in [-0.1, -0.05) is 0 Å². The van der Waals surface area contributed by atoms with Gasteiger partial charge >= 0.3 is 5.97 Å². The van der Waals surface area contributed by atoms with Crippen molar-refractivity contribution < 1.29 is 14.6 Å². The first-order valence-electron chi connectivity index (χ1n) is 4.17. The molecular weight excluding hydrogens is 216 g/mol. The van der Waals surface area contributed by atoms with Crippen molar-refractivity contribution in [3.63, 3.8) is 0 Å². The molecule has 0 aromatic carbocycles. The standard InChI is InChI=1S/C9H8N2O3S/c1-4-3-5(9(12)13)6-7(14-2)11-15-8(6)10-4/h3H,1-2H3,(H,12,13). The minimum absolute atomic E-state index is 0.183. The molecule has 0 atom stereocenters. The summed E-state index contributed by atoms with van der Waals surface area (Å²) in [5.74, 6) is -0.677. The number of fused-ring (bicyclic) bond motifs is 1. The average molecular weight is 224 g/mol. The molecule has 0 bridgehead atoms. The van der Waals surface area contributed by atoms with Crippen LogP contribution in [0.25, 0.3) is 10.2 Å². The number of aromatic carboxylic acids is 1. The fourth-order valence-electron chi connectivity index (χ4n) is 1.36. The van der Waals surface area contributed by atoms with Crippen LogP contribution in [0.1, 0.15) is 16.1 Å². The highest BCUT2D eigenvalue weighted by molar-refractivity contribution is 7.13. The van der Waals surface area contributed by atoms with Crippen molar-refractivity contribution in [2.24, 2.45) is 0 Å². The van der Waals surface area contributed by atoms with E-state index in [0.29, 0.717) is 21.8 Å². The van der Waals surface area contributed by atoms with Gasteiger partial charge in [-0.3, -0.25) is 0 Å². The lowest BCUT2D eigenvalue weighted by Gasteiger charge is -2.00. The van der Waals surface area contributed by atoms with Gasteiger partial charge in [-0.15, -0.1) is 0 Å². The number of pyridine rings is 1. The third-order valence-corrected chi connectivity index (χ3v) is 2.69. The number of rotatable bonds is 2. The summed E-state index contributed by atoms with van der Waals surface area (Å²) in [4.78, 5) is 15.8. The van der Waals surface area contributed by atoms with E-state index in [-0.39, 0.29) is 5.56 Å². The maximum atomic E-state index is 11.0. The molecule has 1 N–H and O–H groups in total. The summed E-state index contributed by atoms with van der Waals surface area (Å²) in [5.41, 5.74) is 0.842. The Morgan fingerprint density at radius 1 is 1.60 bits per heavy atom. The number of carboxylic acid groups (broad SMARTS) is 1. The van der Waals surface area contributed by atoms with Crippen LogP contribution in [-0.2, 0) is 0 Å². The van der Waals surface area contributed by atoms with Gasteiger partial charge in [-0.05, 0) is 24.5 Å². The van der Waals surface area contributed by atoms with Crippen molar-refractivity contribution in [3.05, 3.63) is 17.3 Å². The summed E-state index contributed by atoms with van der Waals surface area (Å²) in [6.45, 7) is 1.75. The smallest absolute Gasteiger partial charge is 0.336 e. The summed E-state index contributed by atoms with van der Waals surface area (Å²) in [6, 6.07) is 1.52. The molecule has 0 amide bonds. The molecule has 5 nitrogen and oxygen atoms in total. The zero-order chi connectivity index (χ0) is 11.0. The molecule has 0 aliphatic carbocycles. The highest BCUT2D eigenvalue weighted by Gasteiger charge is 2.17. The lowest BCUT2D eigenvalue weighted by Crippen LogP contribution is -1.99. The highest BCUT2D eigenvalue weighted by atomic mass is 32.1. The SMILES string of the molecule is COc1nsc2nc(C)cc(C(=O)O)c12. The largest absolute Gasteiger partial charge is 0.480 e. The van der Waals surface area contributed by atoms with E-state index in [1.165, 1.54) is 13.2 Å². The third kappa shape index (κ3) is 1.52. The molecule has 2 aromatic heterocycles. The second-order valence-electron chi connectivity index (χ2n) is 2.99. The quantitative estimate of drug-likeness (QED) is 0.840. The number of aromatic nitrogens is 2. The summed E-state index contributed by atoms with van der Waals surface area (Å²) in [6.07, 6.45) is 0. The summed E-state index contributed by atoms with van der Waals surface area (Å²) >= 11 is 1.13. The van der Waals surface area contributed by atoms with E-state index in [2.05, 4.69) is 9.36 Å². The van der Waals surface area contributed by atoms with Crippen molar-refractivity contribution in [1.29, 1.82) is 0 Å². The molecule has 0 radical (unpaired) electrons. The van der Waals surface area contributed by atoms with Crippen LogP contribution in [0.15, 0.2) is 6.07 Å². The highest BCUT2D eigenvalue weighted by Crippen LogP contribution is 2.30. The van der Waals surface area contributed by atoms with Gasteiger partial charge in [0.2, 0.25) is 5.88 Å². The second-order valence-corrected chi connectivity index (χ2v) is 3.74. The maximum absolute atomic E-state index is 11.0. The molecule has 0 saturated heterocycles. The Bertz CT molecular complexity index is 535. The number of nitrogens with zero attached hydrogens (tertiary/aromatic N) is 2. The molecule has 2 aromatic rings. The van der Waals surface area contributed by atoms with E-state index < -0.39 is 5.97 Å². The van der Waals surface area contributed by atoms with Crippen molar-refractivity contribution in [2.45, 2.75) is 6.92 Å². The number of methoxy groups -OCH3 is 1. The van der Waals surface area contributed by atoms with Gasteiger partial charge in [0.25, 0.3) is 0 Å². The molecule has 15 heavy (non-hydrogen) atoms. The molecule has 2 rings (SSSR count). The number of hydrogen-bond acceptors (Lipinski definition) is 5. The monoisotopic (exact) mass is 224 g/mol. The summed E-state index contributed by atoms with van der Waals surface area (Å²) in [5, 5.41) is 9.51. The van der Waals surface area contributed by atoms with Crippen LogP contribution in [0.3, 0.4) is 0 Å². The number of aryl methyl sites for hydroxylation is 1. The maximum Gasteiger partial charge on any atom is 0.336 e. The van der Waals surface area contributed by atoms with Crippen molar-refractivity contribution in [3.8, 4) is 5.88 Å². The molecule has 78 valence electrons. The number of hydrogen-bond donors (Lipinski definition) is 1. The van der Waals surface area contributed by atoms with Crippen molar-refractivity contribution in [1.82, 2.24) is 9.36 Å². The van der Waals surface area contributed by atoms with E-state index in [9.17, 15) is 4.79 Å². The molecule has 2 heterocycles. The Balaban J connectivity index is 2.85. The molecule has 0 unspecified atom stereocenters. The van der Waals surface area contributed by atoms with Crippen LogP contribution in [0.2, 0.25) is 0 Å². The number of carboxylic acids is 1. The molecule has 0 spiro atoms. The van der Waals surface area contributed by atoms with E-state index >= 15 is 0 Å². The molecule has 0 saturated carbocycles. The van der Waals surface area contributed by atoms with Crippen LogP contribution in [-0.4, -0.2) is 27.5 Å². The molecule has 0 aliphatic rings. The first-order chi connectivity index (χ1) is 7.13. The summed E-state index contributed by atoms with van der Waals surface area (Å²) in [7, 11) is 1.46. The van der Waals surface area contributed by atoms with Gasteiger partial charge < -0.3 is 9.84 Å². The first-order valence-corrected chi connectivity index (χ1v) is 4.95. The van der Waals surface area contributed by atoms with Gasteiger partial charge in [0.1, 0.15) is 4.83 Å². The predicted octanol–water partition coefficient (Wildman–Crippen LogP) is 1.71. The Morgan fingerprint density at radius 3 is 2.93 bits per heavy atom. The fourth-order valence-corrected chi connectivity index (χ4v) is 2.16. The second kappa shape index (κ2) is 3.47. The van der Waals surface area contributed by atoms with Crippen molar-refractivity contribution >= 4 is 27.7 Å². The van der Waals surface area contributed by atoms with Gasteiger partial charge in [0, 0.05) is 5.69 Å². The van der Waals surface area contributed by atoms with Crippen molar-refractivity contribution in [2.75, 3.05) is 7.11 Å². The van der Waals surface area contributed by atoms with Gasteiger partial charge in [-0.2, -0.15) is 4.37 Å². The molecule has 6 heteroatoms. The minimum atomic E-state index is -0.996. The van der Waals surface area contributed by atoms with Crippen LogP contribution in [0.5, 0.6) is 5.88 Å². The zero-order valence-electron chi connectivity index (χ0n) is 8.14. The van der Waals surface area contributed by atoms with Gasteiger partial charge in [0.15, 0.2) is 0 Å². The van der Waals surface area contributed by atoms with E-state index in [0.717, 1.165) is 11.5 Å². The molecule has 0 aliphatic heterocycles. The summed E-state index contributed by atoms with van der Waals surface area (Å²) < 4.78 is 8.99. The van der Waals surface area contributed by atoms with Crippen LogP contribution >= 0.6 is 11.5 Å². The Labute approximate surface area is 89.5 Å². The van der Waals surface area contributed by atoms with Gasteiger partial charge in [0.05, 0.1) is 18.1 Å². The number of carbonyl (C=O) groups is 1. The fraction of sp³-hybridized carbons (Fsp3) is 0.222. The number of ether oxygens (including phenoxy) is 1. The topological polar surface area (TPSA) is 72.3 Å². The van der Waals surface area contributed by atoms with Gasteiger partial charge in [-0.25, -0.2) is 9.78 Å². The normalized spacial score (nSPS) is 10.5. The lowest BCUT2D eigenvalue weighted by atomic mass is 10.1. The Morgan fingerprint density at radius 2 is 2.33 bits per heavy atom. The van der Waals surface area contributed by atoms with E-state index in [1.807, 2.05) is 0 Å². The van der Waals surface area contributed by atoms with Crippen LogP contribution < -0.4 is 4.74 Å². The average Bonchev–Trinajstić information content (AvgIpc) is 2.58. The van der Waals surface area contributed by atoms with Crippen LogP contribution in [0.4, 0.5) is 0 Å².